The summed E-state index contributed by atoms with van der Waals surface area (Å²) in [5, 5.41) is 2.91. The zero-order chi connectivity index (χ0) is 12.8. The van der Waals surface area contributed by atoms with Crippen LogP contribution in [0.3, 0.4) is 0 Å². The van der Waals surface area contributed by atoms with Gasteiger partial charge in [0.1, 0.15) is 6.79 Å². The van der Waals surface area contributed by atoms with Crippen molar-refractivity contribution in [3.63, 3.8) is 0 Å². The molecule has 2 atom stereocenters. The Balaban J connectivity index is 0. The standard InChI is InChI=1S/C6H15NO.C6H14O2/c2*1-4-6(2)8-5-7-3/h6-7H,4-5H2,1-3H3;6H,4-5H2,1-3H3. The van der Waals surface area contributed by atoms with Crippen molar-refractivity contribution in [1.29, 1.82) is 0 Å². The molecule has 0 aliphatic heterocycles. The van der Waals surface area contributed by atoms with E-state index in [2.05, 4.69) is 26.1 Å². The summed E-state index contributed by atoms with van der Waals surface area (Å²) < 4.78 is 15.0. The van der Waals surface area contributed by atoms with E-state index >= 15 is 0 Å². The molecule has 16 heavy (non-hydrogen) atoms. The summed E-state index contributed by atoms with van der Waals surface area (Å²) in [5.74, 6) is 0. The van der Waals surface area contributed by atoms with Crippen LogP contribution < -0.4 is 5.32 Å². The number of nitrogens with one attached hydrogen (secondary N) is 1. The maximum atomic E-state index is 5.23. The normalized spacial score (nSPS) is 13.9. The molecule has 0 saturated carbocycles. The fraction of sp³-hybridized carbons (Fsp3) is 1.00. The van der Waals surface area contributed by atoms with Crippen LogP contribution in [0.1, 0.15) is 40.5 Å². The predicted octanol–water partition coefficient (Wildman–Crippen LogP) is 2.38. The minimum absolute atomic E-state index is 0.329. The Bertz CT molecular complexity index is 109. The lowest BCUT2D eigenvalue weighted by Gasteiger charge is -2.08. The Hall–Kier alpha value is -0.160. The highest BCUT2D eigenvalue weighted by atomic mass is 16.7. The van der Waals surface area contributed by atoms with Crippen molar-refractivity contribution in [2.45, 2.75) is 52.7 Å². The van der Waals surface area contributed by atoms with Crippen molar-refractivity contribution in [2.24, 2.45) is 0 Å². The molecular weight excluding hydrogens is 206 g/mol. The summed E-state index contributed by atoms with van der Waals surface area (Å²) in [5.41, 5.74) is 0. The third-order valence-corrected chi connectivity index (χ3v) is 2.13. The molecule has 100 valence electrons. The summed E-state index contributed by atoms with van der Waals surface area (Å²) in [6.07, 6.45) is 2.85. The average Bonchev–Trinajstić information content (AvgIpc) is 2.33. The summed E-state index contributed by atoms with van der Waals surface area (Å²) in [6, 6.07) is 0. The van der Waals surface area contributed by atoms with Gasteiger partial charge in [-0.2, -0.15) is 0 Å². The second kappa shape index (κ2) is 14.8. The number of rotatable bonds is 8. The van der Waals surface area contributed by atoms with Crippen LogP contribution in [0.4, 0.5) is 0 Å². The van der Waals surface area contributed by atoms with E-state index in [9.17, 15) is 0 Å². The van der Waals surface area contributed by atoms with Crippen LogP contribution in [-0.4, -0.2) is 39.9 Å². The molecule has 0 aliphatic carbocycles. The van der Waals surface area contributed by atoms with Crippen molar-refractivity contribution < 1.29 is 14.2 Å². The van der Waals surface area contributed by atoms with Gasteiger partial charge in [0.05, 0.1) is 18.9 Å². The topological polar surface area (TPSA) is 39.7 Å². The molecule has 0 fully saturated rings. The van der Waals surface area contributed by atoms with E-state index < -0.39 is 0 Å². The minimum Gasteiger partial charge on any atom is -0.363 e. The van der Waals surface area contributed by atoms with E-state index in [1.807, 2.05) is 14.0 Å². The Labute approximate surface area is 101 Å². The first kappa shape index (κ1) is 18.2. The molecule has 2 unspecified atom stereocenters. The first-order valence-corrected chi connectivity index (χ1v) is 5.98. The van der Waals surface area contributed by atoms with Gasteiger partial charge in [-0.25, -0.2) is 0 Å². The number of hydrogen-bond donors (Lipinski definition) is 1. The second-order valence-corrected chi connectivity index (χ2v) is 3.68. The molecule has 0 aliphatic rings. The molecule has 0 saturated heterocycles. The molecule has 0 aromatic carbocycles. The smallest absolute Gasteiger partial charge is 0.146 e. The molecule has 0 aromatic rings. The Morgan fingerprint density at radius 3 is 1.88 bits per heavy atom. The lowest BCUT2D eigenvalue weighted by molar-refractivity contribution is -0.0658. The van der Waals surface area contributed by atoms with Crippen molar-refractivity contribution in [1.82, 2.24) is 5.32 Å². The Morgan fingerprint density at radius 2 is 1.50 bits per heavy atom. The van der Waals surface area contributed by atoms with Crippen LogP contribution in [0.15, 0.2) is 0 Å². The molecular formula is C12H29NO3. The van der Waals surface area contributed by atoms with Crippen molar-refractivity contribution in [3.8, 4) is 0 Å². The van der Waals surface area contributed by atoms with E-state index in [-0.39, 0.29) is 0 Å². The van der Waals surface area contributed by atoms with Gasteiger partial charge >= 0.3 is 0 Å². The monoisotopic (exact) mass is 235 g/mol. The highest BCUT2D eigenvalue weighted by Gasteiger charge is 1.94. The van der Waals surface area contributed by atoms with Gasteiger partial charge in [-0.1, -0.05) is 13.8 Å². The first-order chi connectivity index (χ1) is 7.62. The van der Waals surface area contributed by atoms with Crippen LogP contribution in [-0.2, 0) is 14.2 Å². The molecule has 0 amide bonds. The predicted molar refractivity (Wildman–Crippen MR) is 67.5 cm³/mol. The third-order valence-electron chi connectivity index (χ3n) is 2.13. The molecule has 4 heteroatoms. The van der Waals surface area contributed by atoms with E-state index in [0.717, 1.165) is 12.8 Å². The van der Waals surface area contributed by atoms with Gasteiger partial charge in [-0.05, 0) is 33.7 Å². The summed E-state index contributed by atoms with van der Waals surface area (Å²) in [4.78, 5) is 0. The Morgan fingerprint density at radius 1 is 1.00 bits per heavy atom. The van der Waals surface area contributed by atoms with Gasteiger partial charge in [-0.3, -0.25) is 5.32 Å². The Kier molecular flexibility index (Phi) is 16.9. The fourth-order valence-corrected chi connectivity index (χ4v) is 0.645. The van der Waals surface area contributed by atoms with Gasteiger partial charge in [0.15, 0.2) is 0 Å². The van der Waals surface area contributed by atoms with Gasteiger partial charge < -0.3 is 14.2 Å². The quantitative estimate of drug-likeness (QED) is 0.656. The second-order valence-electron chi connectivity index (χ2n) is 3.68. The lowest BCUT2D eigenvalue weighted by atomic mass is 10.3. The number of ether oxygens (including phenoxy) is 3. The van der Waals surface area contributed by atoms with Gasteiger partial charge in [0.2, 0.25) is 0 Å². The summed E-state index contributed by atoms with van der Waals surface area (Å²) >= 11 is 0. The maximum absolute atomic E-state index is 5.23. The van der Waals surface area contributed by atoms with Crippen molar-refractivity contribution in [2.75, 3.05) is 27.7 Å². The minimum atomic E-state index is 0.329. The summed E-state index contributed by atoms with van der Waals surface area (Å²) in [7, 11) is 3.50. The summed E-state index contributed by atoms with van der Waals surface area (Å²) in [6.45, 7) is 9.36. The van der Waals surface area contributed by atoms with Gasteiger partial charge in [0.25, 0.3) is 0 Å². The zero-order valence-electron chi connectivity index (χ0n) is 11.7. The highest BCUT2D eigenvalue weighted by molar-refractivity contribution is 4.41. The van der Waals surface area contributed by atoms with Crippen LogP contribution in [0, 0.1) is 0 Å². The molecule has 0 radical (unpaired) electrons. The molecule has 0 rings (SSSR count). The van der Waals surface area contributed by atoms with E-state index in [1.54, 1.807) is 7.11 Å². The lowest BCUT2D eigenvalue weighted by Crippen LogP contribution is -2.17. The van der Waals surface area contributed by atoms with E-state index in [0.29, 0.717) is 25.7 Å². The zero-order valence-corrected chi connectivity index (χ0v) is 11.7. The largest absolute Gasteiger partial charge is 0.363 e. The first-order valence-electron chi connectivity index (χ1n) is 5.98. The van der Waals surface area contributed by atoms with Crippen LogP contribution in [0.2, 0.25) is 0 Å². The van der Waals surface area contributed by atoms with Crippen molar-refractivity contribution in [3.05, 3.63) is 0 Å². The number of hydrogen-bond acceptors (Lipinski definition) is 4. The van der Waals surface area contributed by atoms with Gasteiger partial charge in [0, 0.05) is 7.11 Å². The van der Waals surface area contributed by atoms with E-state index in [4.69, 9.17) is 14.2 Å². The molecule has 4 nitrogen and oxygen atoms in total. The highest BCUT2D eigenvalue weighted by Crippen LogP contribution is 1.94. The van der Waals surface area contributed by atoms with Crippen LogP contribution in [0.25, 0.3) is 0 Å². The number of methoxy groups -OCH3 is 1. The third kappa shape index (κ3) is 16.3. The van der Waals surface area contributed by atoms with Crippen molar-refractivity contribution >= 4 is 0 Å². The maximum Gasteiger partial charge on any atom is 0.146 e. The molecule has 0 heterocycles. The fourth-order valence-electron chi connectivity index (χ4n) is 0.645. The SMILES string of the molecule is CCC(C)OCNC.CCC(C)OCOC. The molecule has 0 spiro atoms. The molecule has 0 bridgehead atoms. The van der Waals surface area contributed by atoms with Crippen LogP contribution in [0.5, 0.6) is 0 Å². The van der Waals surface area contributed by atoms with Crippen LogP contribution >= 0.6 is 0 Å². The van der Waals surface area contributed by atoms with E-state index in [1.165, 1.54) is 0 Å². The molecule has 1 N–H and O–H groups in total. The molecule has 0 aromatic heterocycles. The van der Waals surface area contributed by atoms with Gasteiger partial charge in [-0.15, -0.1) is 0 Å². The average molecular weight is 235 g/mol.